The average molecular weight is 280 g/mol. The largest absolute Gasteiger partial charge is 0.480 e. The minimum Gasteiger partial charge on any atom is -0.480 e. The molecule has 0 aliphatic carbocycles. The molecule has 0 saturated carbocycles. The van der Waals surface area contributed by atoms with Crippen molar-refractivity contribution in [3.05, 3.63) is 0 Å². The first-order valence-electron chi connectivity index (χ1n) is 4.83. The molecule has 0 spiro atoms. The van der Waals surface area contributed by atoms with Gasteiger partial charge in [0, 0.05) is 6.42 Å². The summed E-state index contributed by atoms with van der Waals surface area (Å²) in [5.41, 5.74) is 0. The fourth-order valence-corrected chi connectivity index (χ4v) is 1.77. The molecule has 0 aliphatic heterocycles. The SMILES string of the molecule is CC(SCCCC(F)(F)C(F)C(F)F)C(=O)O. The normalized spacial score (nSPS) is 15.9. The van der Waals surface area contributed by atoms with E-state index in [9.17, 15) is 26.7 Å². The van der Waals surface area contributed by atoms with Gasteiger partial charge in [0.2, 0.25) is 6.17 Å². The van der Waals surface area contributed by atoms with E-state index in [0.29, 0.717) is 0 Å². The molecule has 2 nitrogen and oxygen atoms in total. The Morgan fingerprint density at radius 2 is 1.88 bits per heavy atom. The van der Waals surface area contributed by atoms with E-state index < -0.39 is 36.2 Å². The van der Waals surface area contributed by atoms with Gasteiger partial charge in [0.25, 0.3) is 12.3 Å². The molecule has 0 aliphatic rings. The predicted molar refractivity (Wildman–Crippen MR) is 54.6 cm³/mol. The average Bonchev–Trinajstić information content (AvgIpc) is 2.22. The second kappa shape index (κ2) is 7.03. The van der Waals surface area contributed by atoms with Crippen LogP contribution in [0.2, 0.25) is 0 Å². The molecule has 0 amide bonds. The molecule has 8 heteroatoms. The Bertz CT molecular complexity index is 250. The molecular weight excluding hydrogens is 267 g/mol. The summed E-state index contributed by atoms with van der Waals surface area (Å²) in [4.78, 5) is 10.4. The summed E-state index contributed by atoms with van der Waals surface area (Å²) < 4.78 is 61.4. The Kier molecular flexibility index (Phi) is 6.81. The highest BCUT2D eigenvalue weighted by molar-refractivity contribution is 8.00. The van der Waals surface area contributed by atoms with Crippen molar-refractivity contribution in [3.8, 4) is 0 Å². The highest BCUT2D eigenvalue weighted by atomic mass is 32.2. The molecule has 0 radical (unpaired) electrons. The van der Waals surface area contributed by atoms with E-state index in [1.807, 2.05) is 0 Å². The maximum atomic E-state index is 12.8. The third-order valence-electron chi connectivity index (χ3n) is 1.99. The fraction of sp³-hybridized carbons (Fsp3) is 0.889. The zero-order chi connectivity index (χ0) is 13.6. The number of rotatable bonds is 8. The van der Waals surface area contributed by atoms with E-state index in [1.54, 1.807) is 0 Å². The second-order valence-corrected chi connectivity index (χ2v) is 4.90. The van der Waals surface area contributed by atoms with Gasteiger partial charge in [-0.2, -0.15) is 0 Å². The van der Waals surface area contributed by atoms with Crippen LogP contribution < -0.4 is 0 Å². The summed E-state index contributed by atoms with van der Waals surface area (Å²) in [7, 11) is 0. The van der Waals surface area contributed by atoms with Crippen molar-refractivity contribution in [2.75, 3.05) is 5.75 Å². The predicted octanol–water partition coefficient (Wildman–Crippen LogP) is 3.21. The fourth-order valence-electron chi connectivity index (χ4n) is 0.961. The highest BCUT2D eigenvalue weighted by Crippen LogP contribution is 2.31. The minimum absolute atomic E-state index is 0.0546. The first-order chi connectivity index (χ1) is 7.68. The Labute approximate surface area is 99.6 Å². The molecule has 102 valence electrons. The summed E-state index contributed by atoms with van der Waals surface area (Å²) in [6.45, 7) is 1.38. The number of halogens is 5. The van der Waals surface area contributed by atoms with Gasteiger partial charge in [-0.05, 0) is 19.1 Å². The van der Waals surface area contributed by atoms with E-state index in [4.69, 9.17) is 5.11 Å². The lowest BCUT2D eigenvalue weighted by atomic mass is 10.1. The minimum atomic E-state index is -4.07. The second-order valence-electron chi connectivity index (χ2n) is 3.45. The van der Waals surface area contributed by atoms with Gasteiger partial charge in [-0.15, -0.1) is 11.8 Å². The summed E-state index contributed by atoms with van der Waals surface area (Å²) in [6.07, 6.45) is -8.42. The van der Waals surface area contributed by atoms with Crippen LogP contribution in [-0.4, -0.2) is 40.6 Å². The third kappa shape index (κ3) is 6.09. The zero-order valence-electron chi connectivity index (χ0n) is 9.01. The Morgan fingerprint density at radius 1 is 1.35 bits per heavy atom. The lowest BCUT2D eigenvalue weighted by molar-refractivity contribution is -0.136. The van der Waals surface area contributed by atoms with E-state index in [0.717, 1.165) is 11.8 Å². The number of alkyl halides is 5. The molecule has 0 bridgehead atoms. The molecule has 1 N–H and O–H groups in total. The number of carboxylic acid groups (broad SMARTS) is 1. The van der Waals surface area contributed by atoms with Crippen LogP contribution >= 0.6 is 11.8 Å². The molecule has 2 unspecified atom stereocenters. The number of hydrogen-bond donors (Lipinski definition) is 1. The van der Waals surface area contributed by atoms with Crippen molar-refractivity contribution < 1.29 is 31.9 Å². The zero-order valence-corrected chi connectivity index (χ0v) is 9.82. The highest BCUT2D eigenvalue weighted by Gasteiger charge is 2.45. The molecule has 0 heterocycles. The third-order valence-corrected chi connectivity index (χ3v) is 3.22. The van der Waals surface area contributed by atoms with Crippen LogP contribution in [0, 0.1) is 0 Å². The Morgan fingerprint density at radius 3 is 2.29 bits per heavy atom. The van der Waals surface area contributed by atoms with Gasteiger partial charge < -0.3 is 5.11 Å². The number of thioether (sulfide) groups is 1. The number of aliphatic carboxylic acids is 1. The number of carbonyl (C=O) groups is 1. The van der Waals surface area contributed by atoms with Crippen molar-refractivity contribution in [2.24, 2.45) is 0 Å². The van der Waals surface area contributed by atoms with Crippen molar-refractivity contribution in [1.82, 2.24) is 0 Å². The summed E-state index contributed by atoms with van der Waals surface area (Å²) in [5.74, 6) is -5.10. The quantitative estimate of drug-likeness (QED) is 0.548. The molecular formula is C9H13F5O2S. The summed E-state index contributed by atoms with van der Waals surface area (Å²) >= 11 is 0.902. The van der Waals surface area contributed by atoms with E-state index in [-0.39, 0.29) is 12.2 Å². The maximum absolute atomic E-state index is 12.8. The van der Waals surface area contributed by atoms with Gasteiger partial charge in [-0.1, -0.05) is 0 Å². The van der Waals surface area contributed by atoms with E-state index in [2.05, 4.69) is 0 Å². The monoisotopic (exact) mass is 280 g/mol. The molecule has 0 rings (SSSR count). The number of carboxylic acids is 1. The molecule has 0 aromatic rings. The Balaban J connectivity index is 3.91. The number of hydrogen-bond acceptors (Lipinski definition) is 2. The van der Waals surface area contributed by atoms with Crippen molar-refractivity contribution in [3.63, 3.8) is 0 Å². The van der Waals surface area contributed by atoms with Crippen LogP contribution in [0.4, 0.5) is 22.0 Å². The first-order valence-corrected chi connectivity index (χ1v) is 5.88. The molecule has 2 atom stereocenters. The van der Waals surface area contributed by atoms with Gasteiger partial charge in [0.1, 0.15) is 0 Å². The van der Waals surface area contributed by atoms with Gasteiger partial charge >= 0.3 is 5.97 Å². The van der Waals surface area contributed by atoms with Gasteiger partial charge in [-0.25, -0.2) is 22.0 Å². The maximum Gasteiger partial charge on any atom is 0.316 e. The first kappa shape index (κ1) is 16.5. The van der Waals surface area contributed by atoms with Gasteiger partial charge in [0.15, 0.2) is 0 Å². The molecule has 0 saturated heterocycles. The van der Waals surface area contributed by atoms with Gasteiger partial charge in [-0.3, -0.25) is 4.79 Å². The van der Waals surface area contributed by atoms with Crippen LogP contribution in [0.3, 0.4) is 0 Å². The van der Waals surface area contributed by atoms with Crippen LogP contribution in [0.25, 0.3) is 0 Å². The van der Waals surface area contributed by atoms with Crippen molar-refractivity contribution >= 4 is 17.7 Å². The van der Waals surface area contributed by atoms with Crippen LogP contribution in [-0.2, 0) is 4.79 Å². The van der Waals surface area contributed by atoms with Crippen LogP contribution in [0.1, 0.15) is 19.8 Å². The van der Waals surface area contributed by atoms with E-state index >= 15 is 0 Å². The molecule has 0 aromatic carbocycles. The lowest BCUT2D eigenvalue weighted by Gasteiger charge is -2.19. The smallest absolute Gasteiger partial charge is 0.316 e. The topological polar surface area (TPSA) is 37.3 Å². The Hall–Kier alpha value is -0.530. The standard InChI is InChI=1S/C9H13F5O2S/c1-5(8(15)16)17-4-2-3-9(13,14)6(10)7(11)12/h5-7H,2-4H2,1H3,(H,15,16). The molecule has 0 fully saturated rings. The summed E-state index contributed by atoms with van der Waals surface area (Å²) in [6, 6.07) is 0. The molecule has 0 aromatic heterocycles. The van der Waals surface area contributed by atoms with Crippen LogP contribution in [0.15, 0.2) is 0 Å². The molecule has 17 heavy (non-hydrogen) atoms. The van der Waals surface area contributed by atoms with Crippen LogP contribution in [0.5, 0.6) is 0 Å². The lowest BCUT2D eigenvalue weighted by Crippen LogP contribution is -2.35. The summed E-state index contributed by atoms with van der Waals surface area (Å²) in [5, 5.41) is 7.71. The van der Waals surface area contributed by atoms with Crippen molar-refractivity contribution in [2.45, 2.75) is 43.5 Å². The van der Waals surface area contributed by atoms with E-state index in [1.165, 1.54) is 6.92 Å². The van der Waals surface area contributed by atoms with Crippen molar-refractivity contribution in [1.29, 1.82) is 0 Å². The van der Waals surface area contributed by atoms with Gasteiger partial charge in [0.05, 0.1) is 5.25 Å².